The average Bonchev–Trinajstić information content (AvgIpc) is 3.07. The van der Waals surface area contributed by atoms with E-state index in [-0.39, 0.29) is 37.6 Å². The Balaban J connectivity index is 1.27. The van der Waals surface area contributed by atoms with Gasteiger partial charge in [-0.25, -0.2) is 0 Å². The summed E-state index contributed by atoms with van der Waals surface area (Å²) >= 11 is 1.45. The molecule has 4 aromatic rings. The second-order valence-corrected chi connectivity index (χ2v) is 11.9. The van der Waals surface area contributed by atoms with Gasteiger partial charge in [0, 0.05) is 49.3 Å². The molecule has 0 spiro atoms. The molecular weight excluding hydrogens is 592 g/mol. The Morgan fingerprint density at radius 2 is 1.67 bits per heavy atom. The van der Waals surface area contributed by atoms with Gasteiger partial charge in [0.1, 0.15) is 0 Å². The molecule has 3 atom stereocenters. The van der Waals surface area contributed by atoms with Crippen molar-refractivity contribution in [2.45, 2.75) is 62.4 Å². The van der Waals surface area contributed by atoms with Gasteiger partial charge in [-0.2, -0.15) is 4.73 Å². The molecule has 45 heavy (non-hydrogen) atoms. The van der Waals surface area contributed by atoms with E-state index >= 15 is 0 Å². The molecule has 10 heteroatoms. The summed E-state index contributed by atoms with van der Waals surface area (Å²) in [4.78, 5) is 22.8. The highest BCUT2D eigenvalue weighted by Gasteiger charge is 2.32. The average molecular weight is 629 g/mol. The number of carboxylic acids is 1. The second-order valence-electron chi connectivity index (χ2n) is 10.9. The normalized spacial score (nSPS) is 17.9. The van der Waals surface area contributed by atoms with Crippen LogP contribution in [-0.2, 0) is 32.2 Å². The van der Waals surface area contributed by atoms with Crippen LogP contribution in [0.25, 0.3) is 11.1 Å². The first kappa shape index (κ1) is 32.2. The van der Waals surface area contributed by atoms with Gasteiger partial charge >= 0.3 is 5.97 Å². The zero-order valence-corrected chi connectivity index (χ0v) is 25.5. The largest absolute Gasteiger partial charge is 0.618 e. The molecule has 1 aliphatic heterocycles. The Bertz CT molecular complexity index is 1580. The topological polar surface area (TPSA) is 132 Å². The molecule has 2 heterocycles. The summed E-state index contributed by atoms with van der Waals surface area (Å²) in [6.07, 6.45) is 1.56. The third-order valence-corrected chi connectivity index (χ3v) is 8.70. The lowest BCUT2D eigenvalue weighted by Gasteiger charge is -2.36. The van der Waals surface area contributed by atoms with Crippen molar-refractivity contribution in [2.24, 2.45) is 0 Å². The monoisotopic (exact) mass is 628 g/mol. The number of amides is 1. The van der Waals surface area contributed by atoms with Crippen molar-refractivity contribution in [1.82, 2.24) is 5.32 Å². The number of carbonyl (C=O) groups is 2. The molecule has 0 saturated carbocycles. The Morgan fingerprint density at radius 1 is 0.889 bits per heavy atom. The number of ether oxygens (including phenoxy) is 2. The molecule has 0 radical (unpaired) electrons. The first-order chi connectivity index (χ1) is 21.9. The van der Waals surface area contributed by atoms with Crippen molar-refractivity contribution in [1.29, 1.82) is 0 Å². The van der Waals surface area contributed by atoms with E-state index < -0.39 is 12.3 Å². The van der Waals surface area contributed by atoms with Crippen LogP contribution in [-0.4, -0.2) is 33.9 Å². The van der Waals surface area contributed by atoms with Crippen LogP contribution in [0.1, 0.15) is 60.3 Å². The van der Waals surface area contributed by atoms with Gasteiger partial charge in [0.15, 0.2) is 12.5 Å². The number of nitrogens with zero attached hydrogens (tertiary/aromatic N) is 1. The summed E-state index contributed by atoms with van der Waals surface area (Å²) in [7, 11) is 0. The molecule has 3 aromatic carbocycles. The lowest BCUT2D eigenvalue weighted by molar-refractivity contribution is -0.645. The van der Waals surface area contributed by atoms with E-state index in [0.717, 1.165) is 38.1 Å². The number of benzene rings is 3. The lowest BCUT2D eigenvalue weighted by atomic mass is 9.99. The van der Waals surface area contributed by atoms with Crippen LogP contribution in [0.2, 0.25) is 0 Å². The molecule has 3 N–H and O–H groups in total. The summed E-state index contributed by atoms with van der Waals surface area (Å²) in [5.41, 5.74) is 5.63. The highest BCUT2D eigenvalue weighted by atomic mass is 32.2. The van der Waals surface area contributed by atoms with Crippen LogP contribution in [0.5, 0.6) is 0 Å². The molecule has 0 bridgehead atoms. The molecule has 1 fully saturated rings. The van der Waals surface area contributed by atoms with Crippen LogP contribution in [0.4, 0.5) is 0 Å². The number of carboxylic acid groups (broad SMARTS) is 1. The number of aliphatic hydroxyl groups excluding tert-OH is 1. The van der Waals surface area contributed by atoms with E-state index in [0.29, 0.717) is 30.2 Å². The van der Waals surface area contributed by atoms with Crippen LogP contribution in [0.3, 0.4) is 0 Å². The zero-order chi connectivity index (χ0) is 31.6. The number of hydrogen-bond acceptors (Lipinski definition) is 7. The minimum Gasteiger partial charge on any atom is -0.618 e. The number of nitrogens with one attached hydrogen (secondary N) is 1. The zero-order valence-electron chi connectivity index (χ0n) is 24.7. The van der Waals surface area contributed by atoms with Crippen molar-refractivity contribution in [3.05, 3.63) is 125 Å². The van der Waals surface area contributed by atoms with E-state index in [1.165, 1.54) is 18.0 Å². The number of aliphatic hydroxyl groups is 1. The van der Waals surface area contributed by atoms with Gasteiger partial charge < -0.3 is 30.2 Å². The number of carbonyl (C=O) groups excluding carboxylic acids is 1. The van der Waals surface area contributed by atoms with Crippen molar-refractivity contribution < 1.29 is 34.0 Å². The molecule has 0 aliphatic carbocycles. The van der Waals surface area contributed by atoms with Crippen molar-refractivity contribution in [3.8, 4) is 11.1 Å². The maximum atomic E-state index is 12.2. The van der Waals surface area contributed by atoms with Crippen LogP contribution < -0.4 is 10.0 Å². The van der Waals surface area contributed by atoms with Crippen molar-refractivity contribution in [2.75, 3.05) is 5.75 Å². The fourth-order valence-corrected chi connectivity index (χ4v) is 6.04. The summed E-state index contributed by atoms with van der Waals surface area (Å²) in [5, 5.41) is 33.9. The quantitative estimate of drug-likeness (QED) is 0.0978. The van der Waals surface area contributed by atoms with Gasteiger partial charge in [-0.05, 0) is 46.4 Å². The summed E-state index contributed by atoms with van der Waals surface area (Å²) < 4.78 is 13.7. The van der Waals surface area contributed by atoms with Gasteiger partial charge in [0.2, 0.25) is 5.91 Å². The highest BCUT2D eigenvalue weighted by Crippen LogP contribution is 2.39. The SMILES string of the molecule is O=C(O)CCCC(=O)NCc1cccc(-c2ccc([C@H]3O[C@@H](CSc4cccc[n+]4[O-])C[C@@H](c4ccc(CO)cc4)O3)cc2)c1. The minimum atomic E-state index is -0.906. The molecule has 9 nitrogen and oxygen atoms in total. The van der Waals surface area contributed by atoms with E-state index in [1.807, 2.05) is 78.9 Å². The first-order valence-electron chi connectivity index (χ1n) is 14.9. The van der Waals surface area contributed by atoms with Crippen LogP contribution in [0, 0.1) is 5.21 Å². The number of rotatable bonds is 13. The molecule has 0 unspecified atom stereocenters. The number of thioether (sulfide) groups is 1. The minimum absolute atomic E-state index is 0.0248. The standard InChI is InChI=1S/C35H36N2O7S/c38-22-24-10-12-27(13-11-24)31-20-30(23-45-33-8-1-2-18-37(33)42)43-35(44-31)28-16-14-26(15-17-28)29-6-3-5-25(19-29)21-36-32(39)7-4-9-34(40)41/h1-3,5-6,8,10-19,30-31,35,38H,4,7,9,20-23H2,(H,36,39)(H,40,41)/t30-,31+,35+/m1/s1. The predicted molar refractivity (Wildman–Crippen MR) is 170 cm³/mol. The van der Waals surface area contributed by atoms with Gasteiger partial charge in [0.05, 0.1) is 18.8 Å². The van der Waals surface area contributed by atoms with Gasteiger partial charge in [-0.3, -0.25) is 9.59 Å². The van der Waals surface area contributed by atoms with E-state index in [2.05, 4.69) is 5.32 Å². The van der Waals surface area contributed by atoms with Crippen LogP contribution >= 0.6 is 11.8 Å². The molecule has 234 valence electrons. The fourth-order valence-electron chi connectivity index (χ4n) is 5.11. The second kappa shape index (κ2) is 15.7. The number of aliphatic carboxylic acids is 1. The maximum Gasteiger partial charge on any atom is 0.303 e. The predicted octanol–water partition coefficient (Wildman–Crippen LogP) is 5.69. The Kier molecular flexibility index (Phi) is 11.2. The fraction of sp³-hybridized carbons (Fsp3) is 0.286. The molecule has 1 saturated heterocycles. The lowest BCUT2D eigenvalue weighted by Crippen LogP contribution is -2.32. The van der Waals surface area contributed by atoms with Crippen molar-refractivity contribution in [3.63, 3.8) is 0 Å². The molecule has 1 aliphatic rings. The Morgan fingerprint density at radius 3 is 2.40 bits per heavy atom. The summed E-state index contributed by atoms with van der Waals surface area (Å²) in [6.45, 7) is 0.332. The summed E-state index contributed by atoms with van der Waals surface area (Å²) in [6, 6.07) is 29.0. The maximum absolute atomic E-state index is 12.2. The van der Waals surface area contributed by atoms with Crippen molar-refractivity contribution >= 4 is 23.6 Å². The Hall–Kier alpha value is -4.22. The van der Waals surface area contributed by atoms with Crippen LogP contribution in [0.15, 0.2) is 102 Å². The number of pyridine rings is 1. The first-order valence-corrected chi connectivity index (χ1v) is 15.9. The van der Waals surface area contributed by atoms with Gasteiger partial charge in [0.25, 0.3) is 5.03 Å². The molecule has 1 amide bonds. The Labute approximate surface area is 266 Å². The third-order valence-electron chi connectivity index (χ3n) is 7.55. The third kappa shape index (κ3) is 9.15. The molecule has 5 rings (SSSR count). The van der Waals surface area contributed by atoms with Gasteiger partial charge in [-0.15, -0.1) is 0 Å². The molecular formula is C35H36N2O7S. The number of aromatic nitrogens is 1. The smallest absolute Gasteiger partial charge is 0.303 e. The summed E-state index contributed by atoms with van der Waals surface area (Å²) in [5.74, 6) is -0.497. The van der Waals surface area contributed by atoms with E-state index in [4.69, 9.17) is 14.6 Å². The highest BCUT2D eigenvalue weighted by molar-refractivity contribution is 7.99. The van der Waals surface area contributed by atoms with E-state index in [9.17, 15) is 19.9 Å². The number of hydrogen-bond donors (Lipinski definition) is 3. The molecule has 1 aromatic heterocycles. The van der Waals surface area contributed by atoms with E-state index in [1.54, 1.807) is 12.1 Å². The van der Waals surface area contributed by atoms with Gasteiger partial charge in [-0.1, -0.05) is 78.5 Å².